The van der Waals surface area contributed by atoms with Gasteiger partial charge >= 0.3 is 0 Å². The average Bonchev–Trinajstić information content (AvgIpc) is 3.22. The normalized spacial score (nSPS) is 14.9. The number of amides is 1. The molecule has 1 aromatic heterocycles. The number of fused-ring (bicyclic) bond motifs is 1. The number of nitrogens with zero attached hydrogens (tertiary/aromatic N) is 2. The number of halogens is 1. The second-order valence-corrected chi connectivity index (χ2v) is 9.49. The Morgan fingerprint density at radius 2 is 1.84 bits per heavy atom. The van der Waals surface area contributed by atoms with E-state index in [0.29, 0.717) is 43.2 Å². The monoisotopic (exact) mass is 523 g/mol. The van der Waals surface area contributed by atoms with Crippen molar-refractivity contribution in [3.63, 3.8) is 0 Å². The van der Waals surface area contributed by atoms with Gasteiger partial charge in [0.15, 0.2) is 4.80 Å². The van der Waals surface area contributed by atoms with Gasteiger partial charge in [-0.3, -0.25) is 14.2 Å². The molecule has 4 aromatic rings. The Morgan fingerprint density at radius 3 is 2.58 bits per heavy atom. The third kappa shape index (κ3) is 4.92. The Kier molecular flexibility index (Phi) is 7.03. The topological polar surface area (TPSA) is 72.7 Å². The third-order valence-electron chi connectivity index (χ3n) is 6.00. The highest BCUT2D eigenvalue weighted by molar-refractivity contribution is 7.07. The molecular formula is C30H22FN3O3S. The molecule has 6 nitrogen and oxygen atoms in total. The molecule has 5 rings (SSSR count). The molecule has 0 unspecified atom stereocenters. The maximum Gasteiger partial charge on any atom is 0.271 e. The Morgan fingerprint density at radius 1 is 1.13 bits per heavy atom. The van der Waals surface area contributed by atoms with Gasteiger partial charge in [0.05, 0.1) is 21.8 Å². The summed E-state index contributed by atoms with van der Waals surface area (Å²) in [6, 6.07) is 21.3. The number of carbonyl (C=O) groups excluding carboxylic acids is 1. The zero-order valence-corrected chi connectivity index (χ0v) is 21.2. The fourth-order valence-electron chi connectivity index (χ4n) is 4.28. The number of ether oxygens (including phenoxy) is 1. The number of anilines is 1. The summed E-state index contributed by atoms with van der Waals surface area (Å²) >= 11 is 1.20. The van der Waals surface area contributed by atoms with Gasteiger partial charge in [0.2, 0.25) is 0 Å². The van der Waals surface area contributed by atoms with Crippen molar-refractivity contribution in [2.75, 3.05) is 11.9 Å². The van der Waals surface area contributed by atoms with Crippen molar-refractivity contribution in [3.05, 3.63) is 127 Å². The maximum absolute atomic E-state index is 13.8. The van der Waals surface area contributed by atoms with E-state index in [2.05, 4.69) is 16.2 Å². The number of benzene rings is 3. The summed E-state index contributed by atoms with van der Waals surface area (Å²) in [5.74, 6) is 2.18. The van der Waals surface area contributed by atoms with Crippen LogP contribution in [-0.4, -0.2) is 17.1 Å². The van der Waals surface area contributed by atoms with Gasteiger partial charge in [-0.15, -0.1) is 6.42 Å². The Hall–Kier alpha value is -4.74. The van der Waals surface area contributed by atoms with E-state index in [-0.39, 0.29) is 12.2 Å². The van der Waals surface area contributed by atoms with Gasteiger partial charge in [-0.25, -0.2) is 9.38 Å². The lowest BCUT2D eigenvalue weighted by Gasteiger charge is -2.25. The van der Waals surface area contributed by atoms with Crippen LogP contribution < -0.4 is 24.9 Å². The van der Waals surface area contributed by atoms with Gasteiger partial charge in [0.1, 0.15) is 18.2 Å². The lowest BCUT2D eigenvalue weighted by Crippen LogP contribution is -2.40. The SMILES string of the molecule is C#CCOc1ccccc1/C=c1/sc2n(c1=O)[C@@H](c1ccc(F)cc1)C(C(=O)Nc1ccccc1)=C(C)N=2. The number of rotatable bonds is 6. The van der Waals surface area contributed by atoms with Crippen LogP contribution in [0.15, 0.2) is 99.9 Å². The summed E-state index contributed by atoms with van der Waals surface area (Å²) in [6.07, 6.45) is 7.06. The highest BCUT2D eigenvalue weighted by Gasteiger charge is 2.32. The van der Waals surface area contributed by atoms with Crippen LogP contribution in [0, 0.1) is 18.2 Å². The van der Waals surface area contributed by atoms with Crippen molar-refractivity contribution in [2.45, 2.75) is 13.0 Å². The van der Waals surface area contributed by atoms with Crippen LogP contribution in [-0.2, 0) is 4.79 Å². The molecule has 0 saturated heterocycles. The zero-order valence-electron chi connectivity index (χ0n) is 20.4. The van der Waals surface area contributed by atoms with E-state index in [1.807, 2.05) is 36.4 Å². The first-order chi connectivity index (χ1) is 18.5. The number of nitrogens with one attached hydrogen (secondary N) is 1. The average molecular weight is 524 g/mol. The fourth-order valence-corrected chi connectivity index (χ4v) is 5.32. The molecule has 3 aromatic carbocycles. The van der Waals surface area contributed by atoms with Crippen molar-refractivity contribution >= 4 is 29.0 Å². The van der Waals surface area contributed by atoms with Crippen molar-refractivity contribution in [1.82, 2.24) is 4.57 Å². The number of para-hydroxylation sites is 2. The number of terminal acetylenes is 1. The molecule has 1 aliphatic heterocycles. The largest absolute Gasteiger partial charge is 0.480 e. The van der Waals surface area contributed by atoms with E-state index in [1.54, 1.807) is 43.3 Å². The molecule has 1 amide bonds. The number of aromatic nitrogens is 1. The quantitative estimate of drug-likeness (QED) is 0.388. The molecule has 1 aliphatic rings. The smallest absolute Gasteiger partial charge is 0.271 e. The summed E-state index contributed by atoms with van der Waals surface area (Å²) < 4.78 is 21.3. The Bertz CT molecular complexity index is 1760. The van der Waals surface area contributed by atoms with Crippen molar-refractivity contribution in [3.8, 4) is 18.1 Å². The molecule has 188 valence electrons. The highest BCUT2D eigenvalue weighted by Crippen LogP contribution is 2.31. The zero-order chi connectivity index (χ0) is 26.6. The minimum absolute atomic E-state index is 0.0930. The molecule has 1 N–H and O–H groups in total. The van der Waals surface area contributed by atoms with Gasteiger partial charge < -0.3 is 10.1 Å². The second-order valence-electron chi connectivity index (χ2n) is 8.48. The molecule has 8 heteroatoms. The molecule has 2 heterocycles. The summed E-state index contributed by atoms with van der Waals surface area (Å²) in [5, 5.41) is 2.89. The minimum atomic E-state index is -0.800. The van der Waals surface area contributed by atoms with Gasteiger partial charge in [0, 0.05) is 11.3 Å². The Balaban J connectivity index is 1.66. The first kappa shape index (κ1) is 24.9. The van der Waals surface area contributed by atoms with Gasteiger partial charge in [-0.05, 0) is 48.9 Å². The van der Waals surface area contributed by atoms with E-state index >= 15 is 0 Å². The predicted octanol–water partition coefficient (Wildman–Crippen LogP) is 4.03. The van der Waals surface area contributed by atoms with Crippen LogP contribution in [0.4, 0.5) is 10.1 Å². The first-order valence-corrected chi connectivity index (χ1v) is 12.6. The standard InChI is InChI=1S/C30H22FN3O3S/c1-3-17-37-24-12-8-7-9-21(24)18-25-29(36)34-27(20-13-15-22(31)16-14-20)26(19(2)32-30(34)38-25)28(35)33-23-10-5-4-6-11-23/h1,4-16,18,27H,17H2,2H3,(H,33,35)/b25-18+/t27-/m0/s1. The summed E-state index contributed by atoms with van der Waals surface area (Å²) in [6.45, 7) is 1.83. The van der Waals surface area contributed by atoms with Crippen LogP contribution in [0.25, 0.3) is 6.08 Å². The number of hydrogen-bond donors (Lipinski definition) is 1. The van der Waals surface area contributed by atoms with E-state index in [4.69, 9.17) is 11.2 Å². The van der Waals surface area contributed by atoms with E-state index in [1.165, 1.54) is 28.0 Å². The second kappa shape index (κ2) is 10.7. The van der Waals surface area contributed by atoms with Crippen LogP contribution in [0.1, 0.15) is 24.1 Å². The lowest BCUT2D eigenvalue weighted by molar-refractivity contribution is -0.113. The third-order valence-corrected chi connectivity index (χ3v) is 6.98. The lowest BCUT2D eigenvalue weighted by atomic mass is 9.95. The Labute approximate surface area is 222 Å². The number of thiazole rings is 1. The molecule has 0 aliphatic carbocycles. The van der Waals surface area contributed by atoms with Crippen molar-refractivity contribution in [2.24, 2.45) is 4.99 Å². The van der Waals surface area contributed by atoms with E-state index in [0.717, 1.165) is 0 Å². The van der Waals surface area contributed by atoms with Gasteiger partial charge in [-0.2, -0.15) is 0 Å². The molecule has 0 radical (unpaired) electrons. The van der Waals surface area contributed by atoms with Gasteiger partial charge in [-0.1, -0.05) is 65.8 Å². The molecule has 0 fully saturated rings. The molecule has 38 heavy (non-hydrogen) atoms. The number of carbonyl (C=O) groups is 1. The van der Waals surface area contributed by atoms with Crippen molar-refractivity contribution < 1.29 is 13.9 Å². The first-order valence-electron chi connectivity index (χ1n) is 11.8. The number of hydrogen-bond acceptors (Lipinski definition) is 5. The van der Waals surface area contributed by atoms with Gasteiger partial charge in [0.25, 0.3) is 11.5 Å². The van der Waals surface area contributed by atoms with E-state index in [9.17, 15) is 14.0 Å². The predicted molar refractivity (Wildman–Crippen MR) is 146 cm³/mol. The minimum Gasteiger partial charge on any atom is -0.480 e. The van der Waals surface area contributed by atoms with Crippen LogP contribution in [0.3, 0.4) is 0 Å². The molecule has 0 bridgehead atoms. The molecular weight excluding hydrogens is 501 g/mol. The summed E-state index contributed by atoms with van der Waals surface area (Å²) in [7, 11) is 0. The summed E-state index contributed by atoms with van der Waals surface area (Å²) in [4.78, 5) is 32.4. The van der Waals surface area contributed by atoms with Crippen LogP contribution in [0.2, 0.25) is 0 Å². The van der Waals surface area contributed by atoms with E-state index < -0.39 is 17.8 Å². The number of allylic oxidation sites excluding steroid dienone is 1. The van der Waals surface area contributed by atoms with Crippen LogP contribution in [0.5, 0.6) is 5.75 Å². The van der Waals surface area contributed by atoms with Crippen LogP contribution >= 0.6 is 11.3 Å². The highest BCUT2D eigenvalue weighted by atomic mass is 32.1. The maximum atomic E-state index is 13.8. The molecule has 0 spiro atoms. The fraction of sp³-hybridized carbons (Fsp3) is 0.100. The molecule has 0 saturated carbocycles. The molecule has 1 atom stereocenters. The summed E-state index contributed by atoms with van der Waals surface area (Å²) in [5.41, 5.74) is 2.33. The van der Waals surface area contributed by atoms with Crippen molar-refractivity contribution in [1.29, 1.82) is 0 Å².